The van der Waals surface area contributed by atoms with Crippen LogP contribution in [0.25, 0.3) is 6.08 Å². The Kier molecular flexibility index (Phi) is 6.85. The number of carbonyl (C=O) groups is 1. The molecular weight excluding hydrogens is 435 g/mol. The quantitative estimate of drug-likeness (QED) is 0.333. The molecule has 0 radical (unpaired) electrons. The fourth-order valence-corrected chi connectivity index (χ4v) is 3.56. The van der Waals surface area contributed by atoms with E-state index < -0.39 is 0 Å². The highest BCUT2D eigenvalue weighted by molar-refractivity contribution is 6.40. The predicted octanol–water partition coefficient (Wildman–Crippen LogP) is 5.86. The Morgan fingerprint density at radius 2 is 1.86 bits per heavy atom. The van der Waals surface area contributed by atoms with Crippen LogP contribution in [0.5, 0.6) is 11.5 Å². The summed E-state index contributed by atoms with van der Waals surface area (Å²) in [5, 5.41) is 5.16. The van der Waals surface area contributed by atoms with Crippen molar-refractivity contribution in [3.63, 3.8) is 0 Å². The normalized spacial score (nSPS) is 11.1. The van der Waals surface area contributed by atoms with Crippen LogP contribution < -0.4 is 9.47 Å². The van der Waals surface area contributed by atoms with Gasteiger partial charge in [-0.15, -0.1) is 0 Å². The van der Waals surface area contributed by atoms with Gasteiger partial charge in [0.25, 0.3) is 0 Å². The highest BCUT2D eigenvalue weighted by Gasteiger charge is 2.12. The van der Waals surface area contributed by atoms with E-state index in [0.29, 0.717) is 32.3 Å². The third-order valence-electron chi connectivity index (χ3n) is 4.03. The Bertz CT molecular complexity index is 1050. The molecule has 29 heavy (non-hydrogen) atoms. The molecule has 0 unspecified atom stereocenters. The van der Waals surface area contributed by atoms with Gasteiger partial charge in [-0.1, -0.05) is 46.9 Å². The summed E-state index contributed by atoms with van der Waals surface area (Å²) >= 11 is 18.3. The smallest absolute Gasteiger partial charge is 0.206 e. The molecule has 0 atom stereocenters. The van der Waals surface area contributed by atoms with E-state index in [0.717, 1.165) is 11.1 Å². The number of hydrogen-bond acceptors (Lipinski definition) is 4. The van der Waals surface area contributed by atoms with Crippen LogP contribution in [0.4, 0.5) is 0 Å². The highest BCUT2D eigenvalue weighted by atomic mass is 35.5. The third kappa shape index (κ3) is 5.32. The van der Waals surface area contributed by atoms with Crippen molar-refractivity contribution in [3.8, 4) is 11.5 Å². The van der Waals surface area contributed by atoms with E-state index in [2.05, 4.69) is 5.10 Å². The van der Waals surface area contributed by atoms with Crippen LogP contribution in [0.3, 0.4) is 0 Å². The van der Waals surface area contributed by atoms with Crippen LogP contribution in [-0.4, -0.2) is 22.7 Å². The SMILES string of the molecule is COc1ccc(/C=C/C(=O)c2ccn(C)n2)cc1COc1c(Cl)cc(Cl)cc1Cl. The van der Waals surface area contributed by atoms with E-state index in [1.807, 2.05) is 12.1 Å². The van der Waals surface area contributed by atoms with Gasteiger partial charge < -0.3 is 9.47 Å². The minimum Gasteiger partial charge on any atom is -0.496 e. The lowest BCUT2D eigenvalue weighted by Gasteiger charge is -2.13. The van der Waals surface area contributed by atoms with Crippen LogP contribution in [0.15, 0.2) is 48.7 Å². The van der Waals surface area contributed by atoms with Crippen molar-refractivity contribution in [2.45, 2.75) is 6.61 Å². The topological polar surface area (TPSA) is 53.4 Å². The fraction of sp³-hybridized carbons (Fsp3) is 0.143. The molecule has 0 aliphatic carbocycles. The Hall–Kier alpha value is -2.47. The van der Waals surface area contributed by atoms with E-state index in [9.17, 15) is 4.79 Å². The van der Waals surface area contributed by atoms with E-state index in [1.54, 1.807) is 55.4 Å². The second-order valence-corrected chi connectivity index (χ2v) is 7.38. The lowest BCUT2D eigenvalue weighted by molar-refractivity contribution is 0.104. The van der Waals surface area contributed by atoms with E-state index in [-0.39, 0.29) is 12.4 Å². The maximum Gasteiger partial charge on any atom is 0.206 e. The standard InChI is InChI=1S/C21H17Cl3N2O3/c1-26-8-7-18(25-26)19(27)5-3-13-4-6-20(28-2)14(9-13)12-29-21-16(23)10-15(22)11-17(21)24/h3-11H,12H2,1-2H3/b5-3+. The maximum atomic E-state index is 12.2. The Morgan fingerprint density at radius 3 is 2.48 bits per heavy atom. The van der Waals surface area contributed by atoms with Crippen molar-refractivity contribution in [1.29, 1.82) is 0 Å². The molecule has 0 N–H and O–H groups in total. The molecule has 0 aliphatic rings. The molecule has 0 aliphatic heterocycles. The number of methoxy groups -OCH3 is 1. The zero-order valence-corrected chi connectivity index (χ0v) is 17.9. The minimum absolute atomic E-state index is 0.167. The summed E-state index contributed by atoms with van der Waals surface area (Å²) in [6, 6.07) is 10.3. The van der Waals surface area contributed by atoms with Crippen LogP contribution in [0.2, 0.25) is 15.1 Å². The van der Waals surface area contributed by atoms with Gasteiger partial charge in [-0.2, -0.15) is 5.10 Å². The van der Waals surface area contributed by atoms with Crippen molar-refractivity contribution in [1.82, 2.24) is 9.78 Å². The monoisotopic (exact) mass is 450 g/mol. The number of ketones is 1. The number of benzene rings is 2. The molecule has 0 saturated heterocycles. The molecule has 0 saturated carbocycles. The first-order chi connectivity index (χ1) is 13.9. The lowest BCUT2D eigenvalue weighted by Crippen LogP contribution is -2.00. The van der Waals surface area contributed by atoms with Crippen molar-refractivity contribution in [3.05, 3.63) is 80.6 Å². The molecule has 5 nitrogen and oxygen atoms in total. The number of aromatic nitrogens is 2. The van der Waals surface area contributed by atoms with Gasteiger partial charge in [-0.25, -0.2) is 0 Å². The van der Waals surface area contributed by atoms with Gasteiger partial charge in [-0.3, -0.25) is 9.48 Å². The lowest BCUT2D eigenvalue weighted by atomic mass is 10.1. The number of allylic oxidation sites excluding steroid dienone is 1. The summed E-state index contributed by atoms with van der Waals surface area (Å²) in [6.07, 6.45) is 4.90. The zero-order chi connectivity index (χ0) is 21.0. The van der Waals surface area contributed by atoms with Gasteiger partial charge in [0.2, 0.25) is 5.78 Å². The average Bonchev–Trinajstić information content (AvgIpc) is 3.12. The molecule has 1 aromatic heterocycles. The Labute approximate surface area is 183 Å². The first-order valence-electron chi connectivity index (χ1n) is 8.53. The van der Waals surface area contributed by atoms with Gasteiger partial charge in [0.1, 0.15) is 18.1 Å². The number of aryl methyl sites for hydroxylation is 1. The summed E-state index contributed by atoms with van der Waals surface area (Å²) < 4.78 is 12.8. The van der Waals surface area contributed by atoms with E-state index >= 15 is 0 Å². The van der Waals surface area contributed by atoms with E-state index in [4.69, 9.17) is 44.3 Å². The summed E-state index contributed by atoms with van der Waals surface area (Å²) in [5.74, 6) is 0.796. The number of halogens is 3. The van der Waals surface area contributed by atoms with Gasteiger partial charge in [-0.05, 0) is 42.0 Å². The summed E-state index contributed by atoms with van der Waals surface area (Å²) in [5.41, 5.74) is 1.96. The highest BCUT2D eigenvalue weighted by Crippen LogP contribution is 2.36. The summed E-state index contributed by atoms with van der Waals surface area (Å²) in [7, 11) is 3.33. The van der Waals surface area contributed by atoms with Gasteiger partial charge in [0.05, 0.1) is 17.2 Å². The van der Waals surface area contributed by atoms with Crippen molar-refractivity contribution < 1.29 is 14.3 Å². The predicted molar refractivity (Wildman–Crippen MR) is 115 cm³/mol. The molecule has 0 fully saturated rings. The number of rotatable bonds is 7. The van der Waals surface area contributed by atoms with Gasteiger partial charge >= 0.3 is 0 Å². The number of carbonyl (C=O) groups excluding carboxylic acids is 1. The Morgan fingerprint density at radius 1 is 1.14 bits per heavy atom. The van der Waals surface area contributed by atoms with Gasteiger partial charge in [0.15, 0.2) is 5.75 Å². The molecular formula is C21H17Cl3N2O3. The molecule has 8 heteroatoms. The number of hydrogen-bond donors (Lipinski definition) is 0. The zero-order valence-electron chi connectivity index (χ0n) is 15.7. The fourth-order valence-electron chi connectivity index (χ4n) is 2.64. The van der Waals surface area contributed by atoms with Crippen LogP contribution in [-0.2, 0) is 13.7 Å². The largest absolute Gasteiger partial charge is 0.496 e. The van der Waals surface area contributed by atoms with Gasteiger partial charge in [0, 0.05) is 23.8 Å². The van der Waals surface area contributed by atoms with Crippen LogP contribution in [0.1, 0.15) is 21.6 Å². The van der Waals surface area contributed by atoms with Crippen molar-refractivity contribution in [2.75, 3.05) is 7.11 Å². The summed E-state index contributed by atoms with van der Waals surface area (Å²) in [4.78, 5) is 12.2. The average molecular weight is 452 g/mol. The summed E-state index contributed by atoms with van der Waals surface area (Å²) in [6.45, 7) is 0.167. The van der Waals surface area contributed by atoms with E-state index in [1.165, 1.54) is 6.08 Å². The van der Waals surface area contributed by atoms with Crippen LogP contribution >= 0.6 is 34.8 Å². The number of nitrogens with zero attached hydrogens (tertiary/aromatic N) is 2. The molecule has 2 aromatic carbocycles. The molecule has 0 spiro atoms. The molecule has 3 rings (SSSR count). The molecule has 0 amide bonds. The second-order valence-electron chi connectivity index (χ2n) is 6.13. The first kappa shape index (κ1) is 21.2. The molecule has 150 valence electrons. The molecule has 0 bridgehead atoms. The minimum atomic E-state index is -0.182. The second kappa shape index (κ2) is 9.35. The first-order valence-corrected chi connectivity index (χ1v) is 9.67. The van der Waals surface area contributed by atoms with Crippen LogP contribution in [0, 0.1) is 0 Å². The van der Waals surface area contributed by atoms with Crippen molar-refractivity contribution >= 4 is 46.7 Å². The maximum absolute atomic E-state index is 12.2. The molecule has 3 aromatic rings. The van der Waals surface area contributed by atoms with Crippen molar-refractivity contribution in [2.24, 2.45) is 7.05 Å². The molecule has 1 heterocycles. The third-order valence-corrected chi connectivity index (χ3v) is 4.81. The Balaban J connectivity index is 1.78. The number of ether oxygens (including phenoxy) is 2.